The van der Waals surface area contributed by atoms with E-state index < -0.39 is 18.2 Å². The van der Waals surface area contributed by atoms with Crippen LogP contribution < -0.4 is 15.7 Å². The summed E-state index contributed by atoms with van der Waals surface area (Å²) in [6, 6.07) is 28.6. The van der Waals surface area contributed by atoms with Crippen molar-refractivity contribution in [2.24, 2.45) is 5.92 Å². The summed E-state index contributed by atoms with van der Waals surface area (Å²) >= 11 is 0. The van der Waals surface area contributed by atoms with Crippen molar-refractivity contribution in [1.82, 2.24) is 9.78 Å². The summed E-state index contributed by atoms with van der Waals surface area (Å²) < 4.78 is 26.3. The van der Waals surface area contributed by atoms with Crippen LogP contribution in [0.4, 0.5) is 11.5 Å². The van der Waals surface area contributed by atoms with Crippen LogP contribution in [0.25, 0.3) is 0 Å². The highest BCUT2D eigenvalue weighted by molar-refractivity contribution is 7.90. The Bertz CT molecular complexity index is 1680. The zero-order chi connectivity index (χ0) is 30.6. The van der Waals surface area contributed by atoms with Gasteiger partial charge in [0.2, 0.25) is 0 Å². The first-order valence-electron chi connectivity index (χ1n) is 15.3. The van der Waals surface area contributed by atoms with Gasteiger partial charge in [0.25, 0.3) is 8.32 Å². The van der Waals surface area contributed by atoms with Crippen molar-refractivity contribution in [1.29, 1.82) is 0 Å². The molecule has 43 heavy (non-hydrogen) atoms. The van der Waals surface area contributed by atoms with Crippen molar-refractivity contribution in [3.05, 3.63) is 102 Å². The van der Waals surface area contributed by atoms with Crippen LogP contribution in [0.2, 0.25) is 5.04 Å². The first-order valence-corrected chi connectivity index (χ1v) is 19.1. The number of sulfone groups is 1. The van der Waals surface area contributed by atoms with Crippen molar-refractivity contribution in [2.45, 2.75) is 81.9 Å². The van der Waals surface area contributed by atoms with Crippen molar-refractivity contribution in [2.75, 3.05) is 5.32 Å². The second-order valence-corrected chi connectivity index (χ2v) is 20.2. The molecule has 0 radical (unpaired) electrons. The van der Waals surface area contributed by atoms with Gasteiger partial charge < -0.3 is 10.1 Å². The third-order valence-corrected chi connectivity index (χ3v) is 15.4. The second kappa shape index (κ2) is 10.8. The van der Waals surface area contributed by atoms with Crippen LogP contribution in [0.15, 0.2) is 84.9 Å². The van der Waals surface area contributed by atoms with Gasteiger partial charge in [0.05, 0.1) is 22.7 Å². The number of nitrogens with one attached hydrogen (secondary N) is 1. The van der Waals surface area contributed by atoms with E-state index in [0.717, 1.165) is 58.0 Å². The summed E-state index contributed by atoms with van der Waals surface area (Å²) in [6.45, 7) is 11.0. The molecule has 2 N–H and O–H groups in total. The predicted octanol–water partition coefficient (Wildman–Crippen LogP) is 6.23. The van der Waals surface area contributed by atoms with E-state index in [1.165, 1.54) is 0 Å². The zero-order valence-electron chi connectivity index (χ0n) is 25.8. The molecule has 226 valence electrons. The SMILES string of the molecule is CC(C)(C)n1nc(C2CC(CC(C)(C)[Si](O)(c3ccccc3)c3ccccc3)C2)cc1Nc1ccc2c(c1)CS(=O)(=O)C2. The molecule has 0 spiro atoms. The lowest BCUT2D eigenvalue weighted by molar-refractivity contribution is 0.215. The first-order chi connectivity index (χ1) is 20.2. The van der Waals surface area contributed by atoms with Crippen LogP contribution in [0.1, 0.15) is 76.6 Å². The topological polar surface area (TPSA) is 84.2 Å². The smallest absolute Gasteiger partial charge is 0.258 e. The van der Waals surface area contributed by atoms with Crippen LogP contribution in [-0.4, -0.2) is 31.3 Å². The largest absolute Gasteiger partial charge is 0.424 e. The second-order valence-electron chi connectivity index (χ2n) is 14.2. The van der Waals surface area contributed by atoms with E-state index in [9.17, 15) is 13.2 Å². The van der Waals surface area contributed by atoms with Gasteiger partial charge in [-0.25, -0.2) is 13.1 Å². The van der Waals surface area contributed by atoms with Crippen LogP contribution in [-0.2, 0) is 26.9 Å². The lowest BCUT2D eigenvalue weighted by atomic mass is 9.70. The Labute approximate surface area is 257 Å². The summed E-state index contributed by atoms with van der Waals surface area (Å²) in [5, 5.41) is 10.5. The molecule has 2 heterocycles. The van der Waals surface area contributed by atoms with Gasteiger partial charge in [0, 0.05) is 17.7 Å². The first kappa shape index (κ1) is 29.9. The molecule has 1 aromatic heterocycles. The average molecular weight is 614 g/mol. The number of hydrogen-bond donors (Lipinski definition) is 2. The minimum atomic E-state index is -3.05. The highest BCUT2D eigenvalue weighted by Gasteiger charge is 2.52. The maximum absolute atomic E-state index is 12.6. The Morgan fingerprint density at radius 2 is 1.44 bits per heavy atom. The molecule has 0 saturated heterocycles. The zero-order valence-corrected chi connectivity index (χ0v) is 27.7. The molecule has 4 aromatic rings. The van der Waals surface area contributed by atoms with E-state index in [0.29, 0.717) is 11.8 Å². The summed E-state index contributed by atoms with van der Waals surface area (Å²) in [5.74, 6) is 2.04. The van der Waals surface area contributed by atoms with Crippen molar-refractivity contribution >= 4 is 40.0 Å². The summed E-state index contributed by atoms with van der Waals surface area (Å²) in [4.78, 5) is 12.6. The molecule has 1 saturated carbocycles. The number of hydrogen-bond acceptors (Lipinski definition) is 5. The molecular formula is C35H43N3O3SSi. The Hall–Kier alpha value is -3.20. The molecule has 1 aliphatic heterocycles. The van der Waals surface area contributed by atoms with Gasteiger partial charge in [0.1, 0.15) is 5.82 Å². The molecule has 1 aliphatic carbocycles. The molecule has 6 nitrogen and oxygen atoms in total. The number of fused-ring (bicyclic) bond motifs is 1. The van der Waals surface area contributed by atoms with Crippen molar-refractivity contribution in [3.63, 3.8) is 0 Å². The monoisotopic (exact) mass is 613 g/mol. The molecule has 0 bridgehead atoms. The Balaban J connectivity index is 1.20. The van der Waals surface area contributed by atoms with Gasteiger partial charge in [0.15, 0.2) is 9.84 Å². The maximum atomic E-state index is 12.6. The molecule has 0 atom stereocenters. The van der Waals surface area contributed by atoms with Gasteiger partial charge in [-0.1, -0.05) is 80.6 Å². The molecule has 2 aliphatic rings. The maximum Gasteiger partial charge on any atom is 0.258 e. The quantitative estimate of drug-likeness (QED) is 0.230. The highest BCUT2D eigenvalue weighted by atomic mass is 32.2. The van der Waals surface area contributed by atoms with E-state index in [2.05, 4.69) is 74.9 Å². The Morgan fingerprint density at radius 3 is 2.02 bits per heavy atom. The lowest BCUT2D eigenvalue weighted by Crippen LogP contribution is -2.65. The minimum Gasteiger partial charge on any atom is -0.424 e. The van der Waals surface area contributed by atoms with E-state index >= 15 is 0 Å². The van der Waals surface area contributed by atoms with Gasteiger partial charge >= 0.3 is 0 Å². The fraction of sp³-hybridized carbons (Fsp3) is 0.400. The Kier molecular flexibility index (Phi) is 7.46. The van der Waals surface area contributed by atoms with Crippen molar-refractivity contribution in [3.8, 4) is 0 Å². The molecule has 1 fully saturated rings. The molecule has 6 rings (SSSR count). The van der Waals surface area contributed by atoms with Gasteiger partial charge in [-0.15, -0.1) is 0 Å². The van der Waals surface area contributed by atoms with Crippen LogP contribution >= 0.6 is 0 Å². The molecule has 8 heteroatoms. The van der Waals surface area contributed by atoms with Crippen molar-refractivity contribution < 1.29 is 13.2 Å². The fourth-order valence-electron chi connectivity index (χ4n) is 7.17. The molecule has 0 unspecified atom stereocenters. The standard InChI is InChI=1S/C35H43N3O3SSi/c1-34(2,3)38-33(36-29-17-16-26-23-42(39,40)24-28(26)20-29)21-32(37-38)27-18-25(19-27)22-35(4,5)43(41,30-12-8-6-9-13-30)31-14-10-7-11-15-31/h6-17,20-21,25,27,36,41H,18-19,22-24H2,1-5H3. The number of rotatable bonds is 8. The molecule has 0 amide bonds. The van der Waals surface area contributed by atoms with E-state index in [4.69, 9.17) is 5.10 Å². The van der Waals surface area contributed by atoms with E-state index in [1.807, 2.05) is 54.6 Å². The summed E-state index contributed by atoms with van der Waals surface area (Å²) in [5.41, 5.74) is 3.53. The number of aromatic nitrogens is 2. The Morgan fingerprint density at radius 1 is 0.860 bits per heavy atom. The molecule has 3 aromatic carbocycles. The fourth-order valence-corrected chi connectivity index (χ4v) is 12.6. The van der Waals surface area contributed by atoms with Crippen LogP contribution in [0, 0.1) is 5.92 Å². The normalized spacial score (nSPS) is 20.0. The third-order valence-electron chi connectivity index (χ3n) is 9.41. The summed E-state index contributed by atoms with van der Waals surface area (Å²) in [6.07, 6.45) is 3.06. The number of nitrogens with zero attached hydrogens (tertiary/aromatic N) is 2. The van der Waals surface area contributed by atoms with Gasteiger partial charge in [-0.2, -0.15) is 5.10 Å². The van der Waals surface area contributed by atoms with Gasteiger partial charge in [-0.3, -0.25) is 0 Å². The number of benzene rings is 3. The highest BCUT2D eigenvalue weighted by Crippen LogP contribution is 2.51. The minimum absolute atomic E-state index is 0.105. The predicted molar refractivity (Wildman–Crippen MR) is 178 cm³/mol. The summed E-state index contributed by atoms with van der Waals surface area (Å²) in [7, 11) is -6.08. The lowest BCUT2D eigenvalue weighted by Gasteiger charge is -2.46. The van der Waals surface area contributed by atoms with E-state index in [-0.39, 0.29) is 22.1 Å². The molecular weight excluding hydrogens is 571 g/mol. The third kappa shape index (κ3) is 5.72. The number of anilines is 2. The average Bonchev–Trinajstić information content (AvgIpc) is 3.49. The van der Waals surface area contributed by atoms with Crippen LogP contribution in [0.3, 0.4) is 0 Å². The van der Waals surface area contributed by atoms with E-state index in [1.54, 1.807) is 0 Å². The van der Waals surface area contributed by atoms with Gasteiger partial charge in [-0.05, 0) is 84.6 Å². The van der Waals surface area contributed by atoms with Crippen LogP contribution in [0.5, 0.6) is 0 Å².